The fraction of sp³-hybridized carbons (Fsp3) is 0.556. The molecule has 1 unspecified atom stereocenters. The van der Waals surface area contributed by atoms with Crippen LogP contribution in [0.15, 0.2) is 24.3 Å². The van der Waals surface area contributed by atoms with Gasteiger partial charge in [0.05, 0.1) is 0 Å². The van der Waals surface area contributed by atoms with Gasteiger partial charge in [-0.25, -0.2) is 0 Å². The summed E-state index contributed by atoms with van der Waals surface area (Å²) in [6, 6.07) is 0. The Hall–Kier alpha value is 0.0600. The predicted molar refractivity (Wildman–Crippen MR) is 48.9 cm³/mol. The summed E-state index contributed by atoms with van der Waals surface area (Å²) in [7, 11) is 0. The number of halogens is 2. The van der Waals surface area contributed by atoms with Crippen LogP contribution in [0, 0.1) is 11.8 Å². The van der Waals surface area contributed by atoms with E-state index in [1.165, 1.54) is 12.8 Å². The Labute approximate surface area is 76.9 Å². The van der Waals surface area contributed by atoms with E-state index in [2.05, 4.69) is 6.08 Å². The Balaban J connectivity index is 2.17. The van der Waals surface area contributed by atoms with Crippen LogP contribution in [-0.2, 0) is 0 Å². The van der Waals surface area contributed by atoms with E-state index in [0.717, 1.165) is 5.92 Å². The Morgan fingerprint density at radius 3 is 2.45 bits per heavy atom. The molecule has 0 aromatic rings. The maximum atomic E-state index is 6.10. The largest absolute Gasteiger partial charge is 0.143 e. The highest BCUT2D eigenvalue weighted by atomic mass is 35.5. The third-order valence-corrected chi connectivity index (χ3v) is 3.08. The molecule has 2 aliphatic rings. The Kier molecular flexibility index (Phi) is 1.77. The van der Waals surface area contributed by atoms with Crippen LogP contribution in [-0.4, -0.2) is 4.33 Å². The lowest BCUT2D eigenvalue weighted by molar-refractivity contribution is 0.547. The topological polar surface area (TPSA) is 0 Å². The van der Waals surface area contributed by atoms with Gasteiger partial charge in [0.15, 0.2) is 0 Å². The minimum Gasteiger partial charge on any atom is -0.0963 e. The van der Waals surface area contributed by atoms with E-state index in [0.29, 0.717) is 5.92 Å². The van der Waals surface area contributed by atoms with Crippen molar-refractivity contribution >= 4 is 23.2 Å². The van der Waals surface area contributed by atoms with Crippen LogP contribution in [0.5, 0.6) is 0 Å². The molecule has 0 N–H and O–H groups in total. The summed E-state index contributed by atoms with van der Waals surface area (Å²) in [5, 5.41) is 0. The van der Waals surface area contributed by atoms with Gasteiger partial charge in [-0.15, -0.1) is 0 Å². The quantitative estimate of drug-likeness (QED) is 0.555. The molecule has 0 aromatic carbocycles. The second kappa shape index (κ2) is 2.53. The van der Waals surface area contributed by atoms with Gasteiger partial charge in [0, 0.05) is 5.92 Å². The second-order valence-electron chi connectivity index (χ2n) is 3.28. The fourth-order valence-corrected chi connectivity index (χ4v) is 2.18. The SMILES string of the molecule is ClC1(Cl)C=CC=CC1C1CC1. The molecule has 0 spiro atoms. The molecule has 11 heavy (non-hydrogen) atoms. The summed E-state index contributed by atoms with van der Waals surface area (Å²) in [6.45, 7) is 0. The van der Waals surface area contributed by atoms with Crippen molar-refractivity contribution in [1.29, 1.82) is 0 Å². The lowest BCUT2D eigenvalue weighted by Crippen LogP contribution is -2.24. The minimum absolute atomic E-state index is 0.343. The van der Waals surface area contributed by atoms with E-state index in [4.69, 9.17) is 23.2 Å². The van der Waals surface area contributed by atoms with Gasteiger partial charge in [0.1, 0.15) is 4.33 Å². The number of rotatable bonds is 1. The summed E-state index contributed by atoms with van der Waals surface area (Å²) in [5.74, 6) is 1.07. The molecule has 1 atom stereocenters. The maximum absolute atomic E-state index is 6.10. The zero-order valence-electron chi connectivity index (χ0n) is 6.13. The standard InChI is InChI=1S/C9H10Cl2/c10-9(11)6-2-1-3-8(9)7-4-5-7/h1-3,6-8H,4-5H2. The van der Waals surface area contributed by atoms with Gasteiger partial charge in [-0.3, -0.25) is 0 Å². The summed E-state index contributed by atoms with van der Waals surface area (Å²) in [6.07, 6.45) is 10.5. The van der Waals surface area contributed by atoms with E-state index in [1.807, 2.05) is 18.2 Å². The van der Waals surface area contributed by atoms with Gasteiger partial charge in [0.2, 0.25) is 0 Å². The monoisotopic (exact) mass is 188 g/mol. The van der Waals surface area contributed by atoms with Crippen molar-refractivity contribution in [3.05, 3.63) is 24.3 Å². The molecule has 2 rings (SSSR count). The minimum atomic E-state index is -0.643. The van der Waals surface area contributed by atoms with E-state index < -0.39 is 4.33 Å². The highest BCUT2D eigenvalue weighted by Gasteiger charge is 2.42. The summed E-state index contributed by atoms with van der Waals surface area (Å²) < 4.78 is -0.643. The Bertz CT molecular complexity index is 212. The maximum Gasteiger partial charge on any atom is 0.143 e. The van der Waals surface area contributed by atoms with Gasteiger partial charge in [-0.05, 0) is 24.8 Å². The van der Waals surface area contributed by atoms with E-state index in [1.54, 1.807) is 0 Å². The molecule has 60 valence electrons. The van der Waals surface area contributed by atoms with Gasteiger partial charge in [-0.1, -0.05) is 41.4 Å². The molecule has 0 nitrogen and oxygen atoms in total. The summed E-state index contributed by atoms with van der Waals surface area (Å²) >= 11 is 12.2. The van der Waals surface area contributed by atoms with Crippen molar-refractivity contribution in [2.75, 3.05) is 0 Å². The Morgan fingerprint density at radius 2 is 1.91 bits per heavy atom. The molecule has 0 bridgehead atoms. The molecule has 2 heteroatoms. The first kappa shape index (κ1) is 7.70. The first-order valence-corrected chi connectivity index (χ1v) is 4.69. The molecule has 2 aliphatic carbocycles. The van der Waals surface area contributed by atoms with Crippen molar-refractivity contribution in [2.24, 2.45) is 11.8 Å². The lowest BCUT2D eigenvalue weighted by atomic mass is 9.95. The first-order chi connectivity index (χ1) is 5.20. The van der Waals surface area contributed by atoms with Crippen LogP contribution in [0.4, 0.5) is 0 Å². The average molecular weight is 189 g/mol. The van der Waals surface area contributed by atoms with Gasteiger partial charge >= 0.3 is 0 Å². The molecule has 0 heterocycles. The molecule has 0 saturated heterocycles. The molecule has 1 saturated carbocycles. The molecule has 0 radical (unpaired) electrons. The zero-order chi connectivity index (χ0) is 7.90. The van der Waals surface area contributed by atoms with Crippen molar-refractivity contribution in [3.63, 3.8) is 0 Å². The number of hydrogen-bond acceptors (Lipinski definition) is 0. The van der Waals surface area contributed by atoms with Crippen LogP contribution in [0.1, 0.15) is 12.8 Å². The number of alkyl halides is 2. The molecule has 1 fully saturated rings. The van der Waals surface area contributed by atoms with Crippen molar-refractivity contribution in [3.8, 4) is 0 Å². The Morgan fingerprint density at radius 1 is 1.18 bits per heavy atom. The zero-order valence-corrected chi connectivity index (χ0v) is 7.65. The summed E-state index contributed by atoms with van der Waals surface area (Å²) in [4.78, 5) is 0. The highest BCUT2D eigenvalue weighted by Crippen LogP contribution is 2.49. The van der Waals surface area contributed by atoms with Crippen LogP contribution in [0.2, 0.25) is 0 Å². The van der Waals surface area contributed by atoms with Gasteiger partial charge in [-0.2, -0.15) is 0 Å². The highest BCUT2D eigenvalue weighted by molar-refractivity contribution is 6.50. The second-order valence-corrected chi connectivity index (χ2v) is 4.73. The van der Waals surface area contributed by atoms with Gasteiger partial charge < -0.3 is 0 Å². The van der Waals surface area contributed by atoms with Crippen molar-refractivity contribution < 1.29 is 0 Å². The molecule has 0 amide bonds. The van der Waals surface area contributed by atoms with Crippen LogP contribution >= 0.6 is 23.2 Å². The molecular weight excluding hydrogens is 179 g/mol. The van der Waals surface area contributed by atoms with Crippen molar-refractivity contribution in [2.45, 2.75) is 17.2 Å². The average Bonchev–Trinajstić information content (AvgIpc) is 2.69. The molecule has 0 aliphatic heterocycles. The third kappa shape index (κ3) is 1.47. The first-order valence-electron chi connectivity index (χ1n) is 3.94. The molecule has 0 aromatic heterocycles. The normalized spacial score (nSPS) is 34.2. The summed E-state index contributed by atoms with van der Waals surface area (Å²) in [5.41, 5.74) is 0. The van der Waals surface area contributed by atoms with E-state index >= 15 is 0 Å². The van der Waals surface area contributed by atoms with E-state index in [-0.39, 0.29) is 0 Å². The fourth-order valence-electron chi connectivity index (χ4n) is 1.53. The lowest BCUT2D eigenvalue weighted by Gasteiger charge is -2.26. The van der Waals surface area contributed by atoms with Gasteiger partial charge in [0.25, 0.3) is 0 Å². The third-order valence-electron chi connectivity index (χ3n) is 2.32. The number of hydrogen-bond donors (Lipinski definition) is 0. The predicted octanol–water partition coefficient (Wildman–Crippen LogP) is 3.31. The number of allylic oxidation sites excluding steroid dienone is 4. The van der Waals surface area contributed by atoms with Crippen LogP contribution in [0.3, 0.4) is 0 Å². The van der Waals surface area contributed by atoms with E-state index in [9.17, 15) is 0 Å². The van der Waals surface area contributed by atoms with Crippen molar-refractivity contribution in [1.82, 2.24) is 0 Å². The molecular formula is C9H10Cl2. The van der Waals surface area contributed by atoms with Crippen LogP contribution < -0.4 is 0 Å². The smallest absolute Gasteiger partial charge is 0.0963 e. The van der Waals surface area contributed by atoms with Crippen LogP contribution in [0.25, 0.3) is 0 Å².